The van der Waals surface area contributed by atoms with E-state index in [9.17, 15) is 13.6 Å². The molecule has 0 bridgehead atoms. The standard InChI is InChI=1S/C11H11F2NO2/c1-11(12,13)9-5-3-4-8(6-14-7-15)10(9)16-2/h3-5H,6H2,1-2H3. The van der Waals surface area contributed by atoms with E-state index in [0.29, 0.717) is 5.56 Å². The van der Waals surface area contributed by atoms with Gasteiger partial charge in [-0.15, -0.1) is 0 Å². The Morgan fingerprint density at radius 3 is 2.69 bits per heavy atom. The molecule has 0 N–H and O–H groups in total. The van der Waals surface area contributed by atoms with Crippen molar-refractivity contribution in [1.29, 1.82) is 0 Å². The van der Waals surface area contributed by atoms with Crippen LogP contribution in [0.3, 0.4) is 0 Å². The first-order valence-electron chi connectivity index (χ1n) is 4.58. The van der Waals surface area contributed by atoms with E-state index < -0.39 is 5.92 Å². The molecule has 0 spiro atoms. The lowest BCUT2D eigenvalue weighted by Crippen LogP contribution is -2.10. The lowest BCUT2D eigenvalue weighted by molar-refractivity contribution is 0.0149. The van der Waals surface area contributed by atoms with Gasteiger partial charge in [0.2, 0.25) is 6.08 Å². The lowest BCUT2D eigenvalue weighted by atomic mass is 10.0. The fraction of sp³-hybridized carbons (Fsp3) is 0.364. The summed E-state index contributed by atoms with van der Waals surface area (Å²) in [5.41, 5.74) is 0.221. The Morgan fingerprint density at radius 2 is 2.19 bits per heavy atom. The predicted octanol–water partition coefficient (Wildman–Crippen LogP) is 2.64. The highest BCUT2D eigenvalue weighted by molar-refractivity contribution is 5.44. The highest BCUT2D eigenvalue weighted by atomic mass is 19.3. The Kier molecular flexibility index (Phi) is 3.74. The molecule has 5 heteroatoms. The normalized spacial score (nSPS) is 10.8. The number of alkyl halides is 2. The van der Waals surface area contributed by atoms with Crippen molar-refractivity contribution in [2.75, 3.05) is 7.11 Å². The summed E-state index contributed by atoms with van der Waals surface area (Å²) in [5, 5.41) is 0. The summed E-state index contributed by atoms with van der Waals surface area (Å²) in [6.45, 7) is 0.772. The number of isocyanates is 1. The third-order valence-corrected chi connectivity index (χ3v) is 2.09. The van der Waals surface area contributed by atoms with E-state index in [-0.39, 0.29) is 17.9 Å². The molecule has 0 aliphatic carbocycles. The summed E-state index contributed by atoms with van der Waals surface area (Å²) in [5.74, 6) is -2.93. The van der Waals surface area contributed by atoms with Crippen LogP contribution in [0.4, 0.5) is 8.78 Å². The van der Waals surface area contributed by atoms with Crippen LogP contribution < -0.4 is 4.74 Å². The molecule has 0 aliphatic rings. The Morgan fingerprint density at radius 1 is 1.50 bits per heavy atom. The Labute approximate surface area is 91.8 Å². The first kappa shape index (κ1) is 12.3. The fourth-order valence-corrected chi connectivity index (χ4v) is 1.41. The number of carbonyl (C=O) groups excluding carboxylic acids is 1. The molecule has 1 rings (SSSR count). The molecular weight excluding hydrogens is 216 g/mol. The molecule has 1 aromatic rings. The van der Waals surface area contributed by atoms with Crippen molar-refractivity contribution in [3.05, 3.63) is 29.3 Å². The minimum atomic E-state index is -2.99. The smallest absolute Gasteiger partial charge is 0.274 e. The van der Waals surface area contributed by atoms with E-state index in [1.54, 1.807) is 6.07 Å². The second-order valence-electron chi connectivity index (χ2n) is 3.29. The van der Waals surface area contributed by atoms with Crippen molar-refractivity contribution >= 4 is 6.08 Å². The first-order valence-corrected chi connectivity index (χ1v) is 4.58. The Bertz CT molecular complexity index is 420. The second-order valence-corrected chi connectivity index (χ2v) is 3.29. The average Bonchev–Trinajstić information content (AvgIpc) is 2.24. The van der Waals surface area contributed by atoms with Gasteiger partial charge < -0.3 is 4.74 Å². The van der Waals surface area contributed by atoms with Gasteiger partial charge in [0.15, 0.2) is 0 Å². The van der Waals surface area contributed by atoms with Crippen LogP contribution >= 0.6 is 0 Å². The zero-order valence-electron chi connectivity index (χ0n) is 8.96. The molecule has 0 fully saturated rings. The number of nitrogens with zero attached hydrogens (tertiary/aromatic N) is 1. The maximum atomic E-state index is 13.2. The van der Waals surface area contributed by atoms with Crippen LogP contribution in [0.25, 0.3) is 0 Å². The van der Waals surface area contributed by atoms with Gasteiger partial charge in [0.25, 0.3) is 5.92 Å². The number of methoxy groups -OCH3 is 1. The second kappa shape index (κ2) is 4.86. The number of hydrogen-bond acceptors (Lipinski definition) is 3. The van der Waals surface area contributed by atoms with Crippen molar-refractivity contribution in [3.63, 3.8) is 0 Å². The van der Waals surface area contributed by atoms with Crippen LogP contribution in [0.2, 0.25) is 0 Å². The quantitative estimate of drug-likeness (QED) is 0.585. The van der Waals surface area contributed by atoms with Crippen LogP contribution in [-0.2, 0) is 17.3 Å². The summed E-state index contributed by atoms with van der Waals surface area (Å²) >= 11 is 0. The topological polar surface area (TPSA) is 38.7 Å². The molecule has 0 amide bonds. The molecule has 0 aliphatic heterocycles. The SMILES string of the molecule is COc1c(CN=C=O)cccc1C(C)(F)F. The minimum Gasteiger partial charge on any atom is -0.496 e. The Hall–Kier alpha value is -1.74. The molecule has 0 heterocycles. The monoisotopic (exact) mass is 227 g/mol. The molecule has 3 nitrogen and oxygen atoms in total. The van der Waals surface area contributed by atoms with E-state index in [4.69, 9.17) is 4.74 Å². The van der Waals surface area contributed by atoms with Crippen molar-refractivity contribution in [2.45, 2.75) is 19.4 Å². The van der Waals surface area contributed by atoms with Gasteiger partial charge in [-0.3, -0.25) is 0 Å². The predicted molar refractivity (Wildman–Crippen MR) is 54.4 cm³/mol. The average molecular weight is 227 g/mol. The first-order chi connectivity index (χ1) is 7.50. The number of benzene rings is 1. The zero-order chi connectivity index (χ0) is 12.2. The number of aliphatic imine (C=N–C) groups is 1. The van der Waals surface area contributed by atoms with Gasteiger partial charge >= 0.3 is 0 Å². The number of halogens is 2. The number of ether oxygens (including phenoxy) is 1. The zero-order valence-corrected chi connectivity index (χ0v) is 8.96. The molecule has 0 aromatic heterocycles. The third-order valence-electron chi connectivity index (χ3n) is 2.09. The van der Waals surface area contributed by atoms with E-state index in [1.165, 1.54) is 25.3 Å². The Balaban J connectivity index is 3.25. The highest BCUT2D eigenvalue weighted by Crippen LogP contribution is 2.36. The van der Waals surface area contributed by atoms with E-state index >= 15 is 0 Å². The molecule has 0 atom stereocenters. The van der Waals surface area contributed by atoms with E-state index in [2.05, 4.69) is 4.99 Å². The number of hydrogen-bond donors (Lipinski definition) is 0. The molecule has 86 valence electrons. The molecule has 0 saturated carbocycles. The highest BCUT2D eigenvalue weighted by Gasteiger charge is 2.29. The van der Waals surface area contributed by atoms with Crippen LogP contribution in [0, 0.1) is 0 Å². The van der Waals surface area contributed by atoms with E-state index in [0.717, 1.165) is 6.92 Å². The molecule has 0 radical (unpaired) electrons. The van der Waals surface area contributed by atoms with Gasteiger partial charge in [-0.1, -0.05) is 12.1 Å². The number of para-hydroxylation sites is 1. The van der Waals surface area contributed by atoms with Crippen molar-refractivity contribution in [3.8, 4) is 5.75 Å². The largest absolute Gasteiger partial charge is 0.496 e. The van der Waals surface area contributed by atoms with Gasteiger partial charge in [-0.2, -0.15) is 0 Å². The molecule has 0 unspecified atom stereocenters. The third kappa shape index (κ3) is 2.64. The summed E-state index contributed by atoms with van der Waals surface area (Å²) in [6.07, 6.45) is 1.36. The molecular formula is C11H11F2NO2. The van der Waals surface area contributed by atoms with E-state index in [1.807, 2.05) is 0 Å². The summed E-state index contributed by atoms with van der Waals surface area (Å²) in [4.78, 5) is 13.3. The van der Waals surface area contributed by atoms with Gasteiger partial charge in [0, 0.05) is 12.5 Å². The summed E-state index contributed by atoms with van der Waals surface area (Å²) in [6, 6.07) is 4.34. The fourth-order valence-electron chi connectivity index (χ4n) is 1.41. The summed E-state index contributed by atoms with van der Waals surface area (Å²) in [7, 11) is 1.30. The summed E-state index contributed by atoms with van der Waals surface area (Å²) < 4.78 is 31.4. The minimum absolute atomic E-state index is 0.0173. The van der Waals surface area contributed by atoms with Crippen LogP contribution in [0.15, 0.2) is 23.2 Å². The van der Waals surface area contributed by atoms with Crippen molar-refractivity contribution < 1.29 is 18.3 Å². The van der Waals surface area contributed by atoms with Crippen molar-refractivity contribution in [2.24, 2.45) is 4.99 Å². The van der Waals surface area contributed by atoms with Gasteiger partial charge in [-0.25, -0.2) is 18.6 Å². The van der Waals surface area contributed by atoms with Crippen molar-refractivity contribution in [1.82, 2.24) is 0 Å². The lowest BCUT2D eigenvalue weighted by Gasteiger charge is -2.16. The van der Waals surface area contributed by atoms with Crippen LogP contribution in [-0.4, -0.2) is 13.2 Å². The van der Waals surface area contributed by atoms with Crippen LogP contribution in [0.5, 0.6) is 5.75 Å². The molecule has 0 saturated heterocycles. The number of rotatable bonds is 4. The maximum Gasteiger partial charge on any atom is 0.274 e. The van der Waals surface area contributed by atoms with Crippen LogP contribution in [0.1, 0.15) is 18.1 Å². The molecule has 1 aromatic carbocycles. The van der Waals surface area contributed by atoms with Gasteiger partial charge in [-0.05, 0) is 6.07 Å². The van der Waals surface area contributed by atoms with Gasteiger partial charge in [0.1, 0.15) is 5.75 Å². The maximum absolute atomic E-state index is 13.2. The van der Waals surface area contributed by atoms with Gasteiger partial charge in [0.05, 0.1) is 19.2 Å². The molecule has 16 heavy (non-hydrogen) atoms.